The second kappa shape index (κ2) is 8.09. The van der Waals surface area contributed by atoms with Gasteiger partial charge in [-0.15, -0.1) is 10.2 Å². The fourth-order valence-electron chi connectivity index (χ4n) is 1.71. The number of hydrogen-bond acceptors (Lipinski definition) is 6. The van der Waals surface area contributed by atoms with Gasteiger partial charge < -0.3 is 10.5 Å². The molecule has 4 N–H and O–H groups in total. The summed E-state index contributed by atoms with van der Waals surface area (Å²) in [6, 6.07) is 8.37. The number of alkyl halides is 2. The molecular formula is C14H13Cl2F2N5O. The fourth-order valence-corrected chi connectivity index (χ4v) is 1.96. The fraction of sp³-hybridized carbons (Fsp3) is 0.143. The highest BCUT2D eigenvalue weighted by Crippen LogP contribution is 2.24. The summed E-state index contributed by atoms with van der Waals surface area (Å²) in [6.07, 6.45) is -2.56. The van der Waals surface area contributed by atoms with Gasteiger partial charge in [0.2, 0.25) is 5.88 Å². The number of halogens is 4. The number of benzene rings is 1. The highest BCUT2D eigenvalue weighted by molar-refractivity contribution is 6.29. The summed E-state index contributed by atoms with van der Waals surface area (Å²) in [7, 11) is 0. The van der Waals surface area contributed by atoms with Crippen molar-refractivity contribution < 1.29 is 13.5 Å². The topological polar surface area (TPSA) is 90.3 Å². The van der Waals surface area contributed by atoms with Gasteiger partial charge in [0, 0.05) is 11.6 Å². The lowest BCUT2D eigenvalue weighted by Crippen LogP contribution is -2.34. The van der Waals surface area contributed by atoms with Gasteiger partial charge in [-0.3, -0.25) is 5.01 Å². The number of rotatable bonds is 6. The summed E-state index contributed by atoms with van der Waals surface area (Å²) in [4.78, 5) is 0. The van der Waals surface area contributed by atoms with Crippen LogP contribution in [0.15, 0.2) is 47.3 Å². The normalized spacial score (nSPS) is 12.1. The molecule has 0 aliphatic carbocycles. The van der Waals surface area contributed by atoms with Crippen LogP contribution >= 0.6 is 23.2 Å². The number of nitrogens with zero attached hydrogens (tertiary/aromatic N) is 3. The minimum absolute atomic E-state index is 0.112. The molecule has 10 heteroatoms. The van der Waals surface area contributed by atoms with Gasteiger partial charge >= 0.3 is 0 Å². The summed E-state index contributed by atoms with van der Waals surface area (Å²) in [6.45, 7) is -0.112. The average Bonchev–Trinajstić information content (AvgIpc) is 2.56. The van der Waals surface area contributed by atoms with Crippen LogP contribution in [0.4, 0.5) is 14.5 Å². The molecule has 128 valence electrons. The van der Waals surface area contributed by atoms with Crippen molar-refractivity contribution in [1.82, 2.24) is 10.2 Å². The maximum Gasteiger partial charge on any atom is 0.263 e. The van der Waals surface area contributed by atoms with Crippen molar-refractivity contribution >= 4 is 28.9 Å². The van der Waals surface area contributed by atoms with E-state index in [1.54, 1.807) is 0 Å². The predicted molar refractivity (Wildman–Crippen MR) is 87.7 cm³/mol. The molecule has 24 heavy (non-hydrogen) atoms. The maximum atomic E-state index is 12.6. The molecule has 2 rings (SSSR count). The SMILES string of the molecule is N/C(Cl)=C(/COc1ccc(Cl)nn1)N(N)c1ccc(C(F)F)cc1. The Labute approximate surface area is 146 Å². The second-order valence-electron chi connectivity index (χ2n) is 4.54. The lowest BCUT2D eigenvalue weighted by molar-refractivity contribution is 0.151. The average molecular weight is 376 g/mol. The van der Waals surface area contributed by atoms with E-state index in [9.17, 15) is 8.78 Å². The van der Waals surface area contributed by atoms with E-state index in [0.29, 0.717) is 5.69 Å². The van der Waals surface area contributed by atoms with Crippen molar-refractivity contribution in [1.29, 1.82) is 0 Å². The number of nitrogens with two attached hydrogens (primary N) is 2. The van der Waals surface area contributed by atoms with Gasteiger partial charge in [-0.1, -0.05) is 35.3 Å². The van der Waals surface area contributed by atoms with E-state index in [1.807, 2.05) is 0 Å². The van der Waals surface area contributed by atoms with Crippen LogP contribution in [-0.2, 0) is 0 Å². The summed E-state index contributed by atoms with van der Waals surface area (Å²) < 4.78 is 30.6. The van der Waals surface area contributed by atoms with Crippen LogP contribution in [0, 0.1) is 0 Å². The molecular weight excluding hydrogens is 363 g/mol. The van der Waals surface area contributed by atoms with Crippen molar-refractivity contribution in [3.63, 3.8) is 0 Å². The van der Waals surface area contributed by atoms with Crippen molar-refractivity contribution in [3.05, 3.63) is 58.0 Å². The summed E-state index contributed by atoms with van der Waals surface area (Å²) in [5, 5.41) is 8.59. The van der Waals surface area contributed by atoms with Crippen molar-refractivity contribution in [2.24, 2.45) is 11.6 Å². The van der Waals surface area contributed by atoms with Crippen LogP contribution in [0.3, 0.4) is 0 Å². The first-order valence-electron chi connectivity index (χ1n) is 6.57. The van der Waals surface area contributed by atoms with Crippen LogP contribution in [0.1, 0.15) is 12.0 Å². The molecule has 0 saturated heterocycles. The zero-order chi connectivity index (χ0) is 17.7. The number of hydrogen-bond donors (Lipinski definition) is 2. The summed E-state index contributed by atoms with van der Waals surface area (Å²) in [5.74, 6) is 6.13. The summed E-state index contributed by atoms with van der Waals surface area (Å²) >= 11 is 11.5. The predicted octanol–water partition coefficient (Wildman–Crippen LogP) is 3.19. The Bertz CT molecular complexity index is 706. The Morgan fingerprint density at radius 3 is 2.33 bits per heavy atom. The third-order valence-corrected chi connectivity index (χ3v) is 3.37. The third kappa shape index (κ3) is 4.67. The molecule has 6 nitrogen and oxygen atoms in total. The Morgan fingerprint density at radius 2 is 1.83 bits per heavy atom. The number of aromatic nitrogens is 2. The zero-order valence-corrected chi connectivity index (χ0v) is 13.7. The number of ether oxygens (including phenoxy) is 1. The minimum Gasteiger partial charge on any atom is -0.470 e. The molecule has 0 amide bonds. The van der Waals surface area contributed by atoms with Gasteiger partial charge in [0.25, 0.3) is 6.43 Å². The van der Waals surface area contributed by atoms with E-state index in [0.717, 1.165) is 5.01 Å². The van der Waals surface area contributed by atoms with Gasteiger partial charge in [-0.2, -0.15) is 0 Å². The van der Waals surface area contributed by atoms with E-state index < -0.39 is 6.43 Å². The van der Waals surface area contributed by atoms with Crippen LogP contribution in [-0.4, -0.2) is 16.8 Å². The Hall–Kier alpha value is -2.16. The van der Waals surface area contributed by atoms with E-state index >= 15 is 0 Å². The molecule has 0 fully saturated rings. The molecule has 1 aromatic carbocycles. The van der Waals surface area contributed by atoms with Gasteiger partial charge in [0.15, 0.2) is 5.15 Å². The largest absolute Gasteiger partial charge is 0.470 e. The van der Waals surface area contributed by atoms with Crippen molar-refractivity contribution in [2.45, 2.75) is 6.43 Å². The lowest BCUT2D eigenvalue weighted by atomic mass is 10.2. The van der Waals surface area contributed by atoms with Crippen LogP contribution < -0.4 is 21.3 Å². The molecule has 0 bridgehead atoms. The first-order chi connectivity index (χ1) is 11.4. The highest BCUT2D eigenvalue weighted by Gasteiger charge is 2.14. The molecule has 0 aliphatic heterocycles. The minimum atomic E-state index is -2.56. The quantitative estimate of drug-likeness (QED) is 0.457. The maximum absolute atomic E-state index is 12.6. The molecule has 2 aromatic rings. The first-order valence-corrected chi connectivity index (χ1v) is 7.33. The molecule has 1 aromatic heterocycles. The van der Waals surface area contributed by atoms with E-state index in [4.69, 9.17) is 39.5 Å². The van der Waals surface area contributed by atoms with Gasteiger partial charge in [-0.05, 0) is 18.2 Å². The molecule has 0 atom stereocenters. The number of hydrazine groups is 1. The van der Waals surface area contributed by atoms with E-state index in [1.165, 1.54) is 36.4 Å². The van der Waals surface area contributed by atoms with E-state index in [2.05, 4.69) is 10.2 Å². The van der Waals surface area contributed by atoms with Crippen molar-refractivity contribution in [2.75, 3.05) is 11.6 Å². The van der Waals surface area contributed by atoms with Gasteiger partial charge in [-0.25, -0.2) is 14.6 Å². The first kappa shape index (κ1) is 18.2. The van der Waals surface area contributed by atoms with Crippen molar-refractivity contribution in [3.8, 4) is 5.88 Å². The summed E-state index contributed by atoms with van der Waals surface area (Å²) in [5.41, 5.74) is 6.11. The Morgan fingerprint density at radius 1 is 1.17 bits per heavy atom. The Kier molecular flexibility index (Phi) is 6.13. The lowest BCUT2D eigenvalue weighted by Gasteiger charge is -2.22. The van der Waals surface area contributed by atoms with Crippen LogP contribution in [0.2, 0.25) is 5.15 Å². The molecule has 0 saturated carbocycles. The number of anilines is 1. The zero-order valence-electron chi connectivity index (χ0n) is 12.2. The molecule has 0 unspecified atom stereocenters. The highest BCUT2D eigenvalue weighted by atomic mass is 35.5. The molecule has 0 spiro atoms. The van der Waals surface area contributed by atoms with Crippen LogP contribution in [0.5, 0.6) is 5.88 Å². The second-order valence-corrected chi connectivity index (χ2v) is 5.33. The molecule has 0 aliphatic rings. The van der Waals surface area contributed by atoms with Gasteiger partial charge in [0.05, 0.1) is 5.69 Å². The molecule has 1 heterocycles. The smallest absolute Gasteiger partial charge is 0.263 e. The van der Waals surface area contributed by atoms with Gasteiger partial charge in [0.1, 0.15) is 17.5 Å². The van der Waals surface area contributed by atoms with E-state index in [-0.39, 0.29) is 34.1 Å². The standard InChI is InChI=1S/C14H13Cl2F2N5O/c15-11-5-6-12(22-21-11)24-7-10(13(16)19)23(20)9-3-1-8(2-4-9)14(17)18/h1-6,14H,7,19-20H2/b13-10-. The monoisotopic (exact) mass is 375 g/mol. The third-order valence-electron chi connectivity index (χ3n) is 2.95. The van der Waals surface area contributed by atoms with Crippen LogP contribution in [0.25, 0.3) is 0 Å². The Balaban J connectivity index is 2.12. The molecule has 0 radical (unpaired) electrons.